The maximum absolute atomic E-state index is 5.19. The van der Waals surface area contributed by atoms with E-state index in [1.807, 2.05) is 30.3 Å². The van der Waals surface area contributed by atoms with Crippen LogP contribution in [0.15, 0.2) is 47.6 Å². The van der Waals surface area contributed by atoms with Crippen molar-refractivity contribution in [1.29, 1.82) is 0 Å². The van der Waals surface area contributed by atoms with Crippen LogP contribution >= 0.6 is 12.2 Å². The molecule has 0 aliphatic carbocycles. The van der Waals surface area contributed by atoms with Gasteiger partial charge in [0.05, 0.1) is 6.21 Å². The lowest BCUT2D eigenvalue weighted by Gasteiger charge is -2.08. The van der Waals surface area contributed by atoms with Gasteiger partial charge in [-0.05, 0) is 67.4 Å². The summed E-state index contributed by atoms with van der Waals surface area (Å²) in [5.74, 6) is 0. The Morgan fingerprint density at radius 2 is 1.71 bits per heavy atom. The van der Waals surface area contributed by atoms with Gasteiger partial charge in [0.2, 0.25) is 0 Å². The average molecular weight is 297 g/mol. The first-order valence-corrected chi connectivity index (χ1v) is 7.20. The summed E-state index contributed by atoms with van der Waals surface area (Å²) in [6, 6.07) is 13.9. The monoisotopic (exact) mass is 297 g/mol. The van der Waals surface area contributed by atoms with Gasteiger partial charge < -0.3 is 5.32 Å². The third-order valence-corrected chi connectivity index (χ3v) is 3.69. The second-order valence-corrected chi connectivity index (χ2v) is 5.32. The van der Waals surface area contributed by atoms with E-state index in [4.69, 9.17) is 12.2 Å². The summed E-state index contributed by atoms with van der Waals surface area (Å²) >= 11 is 5.19. The number of para-hydroxylation sites is 1. The van der Waals surface area contributed by atoms with Crippen molar-refractivity contribution in [3.63, 3.8) is 0 Å². The maximum atomic E-state index is 5.19. The van der Waals surface area contributed by atoms with Gasteiger partial charge in [0.25, 0.3) is 0 Å². The normalized spacial score (nSPS) is 10.6. The van der Waals surface area contributed by atoms with Crippen molar-refractivity contribution >= 4 is 29.2 Å². The van der Waals surface area contributed by atoms with Crippen molar-refractivity contribution in [1.82, 2.24) is 5.43 Å². The zero-order valence-electron chi connectivity index (χ0n) is 12.5. The zero-order valence-corrected chi connectivity index (χ0v) is 13.3. The Labute approximate surface area is 131 Å². The smallest absolute Gasteiger partial charge is 0.191 e. The fourth-order valence-corrected chi connectivity index (χ4v) is 2.13. The number of hydrogen-bond acceptors (Lipinski definition) is 2. The molecule has 2 N–H and O–H groups in total. The minimum atomic E-state index is 0.471. The lowest BCUT2D eigenvalue weighted by molar-refractivity contribution is 1.05. The number of nitrogens with one attached hydrogen (secondary N) is 2. The van der Waals surface area contributed by atoms with Gasteiger partial charge in [0.15, 0.2) is 5.11 Å². The summed E-state index contributed by atoms with van der Waals surface area (Å²) in [7, 11) is 0. The summed E-state index contributed by atoms with van der Waals surface area (Å²) in [5.41, 5.74) is 8.68. The van der Waals surface area contributed by atoms with E-state index in [0.717, 1.165) is 11.3 Å². The van der Waals surface area contributed by atoms with Crippen LogP contribution in [0.25, 0.3) is 0 Å². The van der Waals surface area contributed by atoms with E-state index in [2.05, 4.69) is 48.7 Å². The van der Waals surface area contributed by atoms with Crippen LogP contribution in [0.3, 0.4) is 0 Å². The molecule has 4 heteroatoms. The first-order chi connectivity index (χ1) is 10.1. The number of thiocarbonyl (C=S) groups is 1. The molecule has 0 aliphatic rings. The predicted molar refractivity (Wildman–Crippen MR) is 94.0 cm³/mol. The molecule has 2 aromatic rings. The number of benzene rings is 2. The van der Waals surface area contributed by atoms with Gasteiger partial charge in [-0.2, -0.15) is 5.10 Å². The van der Waals surface area contributed by atoms with Crippen LogP contribution in [0.5, 0.6) is 0 Å². The highest BCUT2D eigenvalue weighted by Crippen LogP contribution is 2.15. The van der Waals surface area contributed by atoms with Gasteiger partial charge in [-0.1, -0.05) is 30.3 Å². The van der Waals surface area contributed by atoms with E-state index in [-0.39, 0.29) is 0 Å². The molecule has 0 saturated heterocycles. The van der Waals surface area contributed by atoms with E-state index in [9.17, 15) is 0 Å². The lowest BCUT2D eigenvalue weighted by atomic mass is 10.00. The summed E-state index contributed by atoms with van der Waals surface area (Å²) in [6.07, 6.45) is 1.79. The third kappa shape index (κ3) is 4.13. The van der Waals surface area contributed by atoms with E-state index in [1.54, 1.807) is 6.21 Å². The quantitative estimate of drug-likeness (QED) is 0.512. The van der Waals surface area contributed by atoms with Crippen LogP contribution in [0.1, 0.15) is 22.3 Å². The van der Waals surface area contributed by atoms with Crippen LogP contribution in [0, 0.1) is 20.8 Å². The lowest BCUT2D eigenvalue weighted by Crippen LogP contribution is -2.23. The highest BCUT2D eigenvalue weighted by Gasteiger charge is 2.01. The van der Waals surface area contributed by atoms with Gasteiger partial charge in [0, 0.05) is 5.69 Å². The van der Waals surface area contributed by atoms with Gasteiger partial charge in [-0.25, -0.2) is 0 Å². The second kappa shape index (κ2) is 6.99. The molecule has 2 aromatic carbocycles. The fraction of sp³-hybridized carbons (Fsp3) is 0.176. The molecule has 0 amide bonds. The maximum Gasteiger partial charge on any atom is 0.191 e. The highest BCUT2D eigenvalue weighted by atomic mass is 32.1. The average Bonchev–Trinajstić information content (AvgIpc) is 2.48. The molecule has 0 atom stereocenters. The summed E-state index contributed by atoms with van der Waals surface area (Å²) in [6.45, 7) is 6.33. The van der Waals surface area contributed by atoms with Crippen LogP contribution in [-0.2, 0) is 0 Å². The van der Waals surface area contributed by atoms with Crippen molar-refractivity contribution in [2.75, 3.05) is 5.32 Å². The van der Waals surface area contributed by atoms with Gasteiger partial charge in [-0.15, -0.1) is 0 Å². The number of rotatable bonds is 3. The van der Waals surface area contributed by atoms with Crippen LogP contribution in [0.2, 0.25) is 0 Å². The van der Waals surface area contributed by atoms with E-state index >= 15 is 0 Å². The Bertz CT molecular complexity index is 663. The molecule has 108 valence electrons. The van der Waals surface area contributed by atoms with E-state index in [1.165, 1.54) is 16.7 Å². The predicted octanol–water partition coefficient (Wildman–Crippen LogP) is 3.93. The van der Waals surface area contributed by atoms with Crippen LogP contribution in [-0.4, -0.2) is 11.3 Å². The topological polar surface area (TPSA) is 36.4 Å². The van der Waals surface area contributed by atoms with Gasteiger partial charge in [-0.3, -0.25) is 5.43 Å². The Morgan fingerprint density at radius 1 is 1.00 bits per heavy atom. The molecule has 0 aliphatic heterocycles. The molecule has 21 heavy (non-hydrogen) atoms. The molecule has 0 spiro atoms. The first-order valence-electron chi connectivity index (χ1n) is 6.80. The van der Waals surface area contributed by atoms with Gasteiger partial charge in [0.1, 0.15) is 0 Å². The minimum Gasteiger partial charge on any atom is -0.331 e. The molecule has 0 bridgehead atoms. The zero-order chi connectivity index (χ0) is 15.2. The molecule has 0 heterocycles. The first kappa shape index (κ1) is 15.2. The fourth-order valence-electron chi connectivity index (χ4n) is 1.96. The SMILES string of the molecule is Cc1ccc(/C=N\NC(=S)Nc2ccccc2)c(C)c1C. The standard InChI is InChI=1S/C17H19N3S/c1-12-9-10-15(14(3)13(12)2)11-18-20-17(21)19-16-7-5-4-6-8-16/h4-11H,1-3H3,(H2,19,20,21)/b18-11-. The van der Waals surface area contributed by atoms with Crippen molar-refractivity contribution in [2.24, 2.45) is 5.10 Å². The van der Waals surface area contributed by atoms with Crippen molar-refractivity contribution < 1.29 is 0 Å². The molecule has 2 rings (SSSR count). The minimum absolute atomic E-state index is 0.471. The van der Waals surface area contributed by atoms with Crippen molar-refractivity contribution in [3.05, 3.63) is 64.7 Å². The highest BCUT2D eigenvalue weighted by molar-refractivity contribution is 7.80. The largest absolute Gasteiger partial charge is 0.331 e. The second-order valence-electron chi connectivity index (χ2n) is 4.91. The molecule has 0 aromatic heterocycles. The van der Waals surface area contributed by atoms with E-state index < -0.39 is 0 Å². The summed E-state index contributed by atoms with van der Waals surface area (Å²) in [4.78, 5) is 0. The molecular weight excluding hydrogens is 278 g/mol. The van der Waals surface area contributed by atoms with Crippen LogP contribution < -0.4 is 10.7 Å². The molecule has 3 nitrogen and oxygen atoms in total. The molecular formula is C17H19N3S. The number of nitrogens with zero attached hydrogens (tertiary/aromatic N) is 1. The van der Waals surface area contributed by atoms with E-state index in [0.29, 0.717) is 5.11 Å². The number of hydrazone groups is 1. The summed E-state index contributed by atoms with van der Waals surface area (Å²) in [5, 5.41) is 7.73. The Hall–Kier alpha value is -2.20. The molecule has 0 unspecified atom stereocenters. The third-order valence-electron chi connectivity index (χ3n) is 3.50. The summed E-state index contributed by atoms with van der Waals surface area (Å²) < 4.78 is 0. The Balaban J connectivity index is 1.97. The van der Waals surface area contributed by atoms with Gasteiger partial charge >= 0.3 is 0 Å². The van der Waals surface area contributed by atoms with Crippen molar-refractivity contribution in [2.45, 2.75) is 20.8 Å². The number of hydrogen-bond donors (Lipinski definition) is 2. The van der Waals surface area contributed by atoms with Crippen LogP contribution in [0.4, 0.5) is 5.69 Å². The molecule has 0 fully saturated rings. The Kier molecular flexibility index (Phi) is 5.06. The number of aryl methyl sites for hydroxylation is 1. The van der Waals surface area contributed by atoms with Crippen molar-refractivity contribution in [3.8, 4) is 0 Å². The molecule has 0 saturated carbocycles. The number of anilines is 1. The molecule has 0 radical (unpaired) electrons. The Morgan fingerprint density at radius 3 is 2.43 bits per heavy atom.